The summed E-state index contributed by atoms with van der Waals surface area (Å²) in [6, 6.07) is 0.123. The molecular weight excluding hydrogens is 182 g/mol. The highest BCUT2D eigenvalue weighted by Gasteiger charge is 2.23. The second kappa shape index (κ2) is 4.83. The molecule has 5 nitrogen and oxygen atoms in total. The number of aliphatic imine (C=N–C) groups is 1. The topological polar surface area (TPSA) is 102 Å². The Morgan fingerprint density at radius 3 is 2.71 bits per heavy atom. The van der Waals surface area contributed by atoms with E-state index in [0.717, 1.165) is 25.7 Å². The second-order valence-corrected chi connectivity index (χ2v) is 3.84. The average molecular weight is 199 g/mol. The summed E-state index contributed by atoms with van der Waals surface area (Å²) in [7, 11) is 0. The van der Waals surface area contributed by atoms with Crippen LogP contribution < -0.4 is 11.5 Å². The molecule has 1 rings (SSSR count). The first-order valence-electron chi connectivity index (χ1n) is 4.88. The van der Waals surface area contributed by atoms with Crippen LogP contribution in [0, 0.1) is 5.92 Å². The first-order chi connectivity index (χ1) is 6.58. The van der Waals surface area contributed by atoms with Gasteiger partial charge < -0.3 is 16.6 Å². The maximum absolute atomic E-state index is 10.5. The maximum atomic E-state index is 10.5. The minimum absolute atomic E-state index is 0.103. The van der Waals surface area contributed by atoms with Crippen molar-refractivity contribution < 1.29 is 9.90 Å². The SMILES string of the molecule is NC(N)=NC1CCCC(CC(=O)O)C1. The van der Waals surface area contributed by atoms with Crippen LogP contribution in [0.1, 0.15) is 32.1 Å². The third-order valence-electron chi connectivity index (χ3n) is 2.55. The predicted molar refractivity (Wildman–Crippen MR) is 53.8 cm³/mol. The number of nitrogens with zero attached hydrogens (tertiary/aromatic N) is 1. The van der Waals surface area contributed by atoms with Gasteiger partial charge in [0.25, 0.3) is 0 Å². The first-order valence-corrected chi connectivity index (χ1v) is 4.88. The van der Waals surface area contributed by atoms with Crippen LogP contribution >= 0.6 is 0 Å². The lowest BCUT2D eigenvalue weighted by molar-refractivity contribution is -0.138. The molecule has 80 valence electrons. The molecule has 0 aromatic carbocycles. The Kier molecular flexibility index (Phi) is 3.73. The molecule has 1 saturated carbocycles. The molecule has 0 radical (unpaired) electrons. The molecule has 1 fully saturated rings. The van der Waals surface area contributed by atoms with E-state index in [9.17, 15) is 4.79 Å². The number of aliphatic carboxylic acids is 1. The molecule has 0 heterocycles. The van der Waals surface area contributed by atoms with Crippen molar-refractivity contribution in [3.8, 4) is 0 Å². The van der Waals surface area contributed by atoms with Crippen molar-refractivity contribution >= 4 is 11.9 Å². The molecule has 0 amide bonds. The van der Waals surface area contributed by atoms with Gasteiger partial charge in [0.1, 0.15) is 0 Å². The third-order valence-corrected chi connectivity index (χ3v) is 2.55. The molecule has 0 spiro atoms. The van der Waals surface area contributed by atoms with Crippen LogP contribution in [0.15, 0.2) is 4.99 Å². The van der Waals surface area contributed by atoms with E-state index < -0.39 is 5.97 Å². The van der Waals surface area contributed by atoms with Gasteiger partial charge in [0.05, 0.1) is 6.04 Å². The van der Waals surface area contributed by atoms with Crippen LogP contribution in [0.4, 0.5) is 0 Å². The quantitative estimate of drug-likeness (QED) is 0.449. The molecule has 2 unspecified atom stereocenters. The molecule has 0 aromatic rings. The summed E-state index contributed by atoms with van der Waals surface area (Å²) in [4.78, 5) is 14.6. The monoisotopic (exact) mass is 199 g/mol. The van der Waals surface area contributed by atoms with Crippen molar-refractivity contribution in [2.24, 2.45) is 22.4 Å². The Hall–Kier alpha value is -1.26. The van der Waals surface area contributed by atoms with Crippen molar-refractivity contribution in [1.29, 1.82) is 0 Å². The molecule has 1 aliphatic rings. The molecule has 0 bridgehead atoms. The molecule has 5 heteroatoms. The Balaban J connectivity index is 2.43. The largest absolute Gasteiger partial charge is 0.481 e. The average Bonchev–Trinajstić information content (AvgIpc) is 2.01. The van der Waals surface area contributed by atoms with E-state index >= 15 is 0 Å². The zero-order valence-electron chi connectivity index (χ0n) is 8.15. The van der Waals surface area contributed by atoms with Crippen LogP contribution in [0.3, 0.4) is 0 Å². The number of guanidine groups is 1. The maximum Gasteiger partial charge on any atom is 0.303 e. The minimum Gasteiger partial charge on any atom is -0.481 e. The number of hydrogen-bond acceptors (Lipinski definition) is 2. The van der Waals surface area contributed by atoms with E-state index in [0.29, 0.717) is 0 Å². The van der Waals surface area contributed by atoms with E-state index in [2.05, 4.69) is 4.99 Å². The highest BCUT2D eigenvalue weighted by atomic mass is 16.4. The van der Waals surface area contributed by atoms with Crippen LogP contribution in [0.2, 0.25) is 0 Å². The lowest BCUT2D eigenvalue weighted by atomic mass is 9.84. The van der Waals surface area contributed by atoms with Gasteiger partial charge in [-0.3, -0.25) is 9.79 Å². The first kappa shape index (κ1) is 10.8. The van der Waals surface area contributed by atoms with Crippen molar-refractivity contribution in [3.05, 3.63) is 0 Å². The Labute approximate surface area is 83.2 Å². The fraction of sp³-hybridized carbons (Fsp3) is 0.778. The second-order valence-electron chi connectivity index (χ2n) is 3.84. The summed E-state index contributed by atoms with van der Waals surface area (Å²) in [5.74, 6) is -0.402. The van der Waals surface area contributed by atoms with E-state index in [1.807, 2.05) is 0 Å². The van der Waals surface area contributed by atoms with Gasteiger partial charge in [0.2, 0.25) is 0 Å². The predicted octanol–water partition coefficient (Wildman–Crippen LogP) is 0.293. The summed E-state index contributed by atoms with van der Waals surface area (Å²) in [5.41, 5.74) is 10.6. The van der Waals surface area contributed by atoms with E-state index in [-0.39, 0.29) is 24.3 Å². The highest BCUT2D eigenvalue weighted by Crippen LogP contribution is 2.28. The Morgan fingerprint density at radius 2 is 2.14 bits per heavy atom. The van der Waals surface area contributed by atoms with E-state index in [4.69, 9.17) is 16.6 Å². The summed E-state index contributed by atoms with van der Waals surface area (Å²) >= 11 is 0. The van der Waals surface area contributed by atoms with Crippen molar-refractivity contribution in [1.82, 2.24) is 0 Å². The number of hydrogen-bond donors (Lipinski definition) is 3. The number of carboxylic acids is 1. The molecular formula is C9H17N3O2. The van der Waals surface area contributed by atoms with Gasteiger partial charge in [-0.25, -0.2) is 0 Å². The lowest BCUT2D eigenvalue weighted by Gasteiger charge is -2.25. The van der Waals surface area contributed by atoms with E-state index in [1.54, 1.807) is 0 Å². The van der Waals surface area contributed by atoms with Gasteiger partial charge in [-0.05, 0) is 25.2 Å². The van der Waals surface area contributed by atoms with Crippen molar-refractivity contribution in [3.63, 3.8) is 0 Å². The number of carboxylic acid groups (broad SMARTS) is 1. The molecule has 1 aliphatic carbocycles. The van der Waals surface area contributed by atoms with Gasteiger partial charge >= 0.3 is 5.97 Å². The van der Waals surface area contributed by atoms with Crippen LogP contribution in [0.5, 0.6) is 0 Å². The summed E-state index contributed by atoms with van der Waals surface area (Å²) in [6.07, 6.45) is 3.98. The standard InChI is InChI=1S/C9H17N3O2/c10-9(11)12-7-3-1-2-6(4-7)5-8(13)14/h6-7H,1-5H2,(H,13,14)(H4,10,11,12). The molecule has 2 atom stereocenters. The third kappa shape index (κ3) is 3.64. The minimum atomic E-state index is -0.736. The fourth-order valence-electron chi connectivity index (χ4n) is 2.02. The Bertz CT molecular complexity index is 236. The number of carbonyl (C=O) groups is 1. The highest BCUT2D eigenvalue weighted by molar-refractivity contribution is 5.75. The molecule has 14 heavy (non-hydrogen) atoms. The smallest absolute Gasteiger partial charge is 0.303 e. The fourth-order valence-corrected chi connectivity index (χ4v) is 2.02. The zero-order valence-corrected chi connectivity index (χ0v) is 8.15. The Morgan fingerprint density at radius 1 is 1.43 bits per heavy atom. The van der Waals surface area contributed by atoms with Gasteiger partial charge in [0.15, 0.2) is 5.96 Å². The van der Waals surface area contributed by atoms with Crippen LogP contribution in [-0.2, 0) is 4.79 Å². The van der Waals surface area contributed by atoms with Gasteiger partial charge in [-0.2, -0.15) is 0 Å². The van der Waals surface area contributed by atoms with Gasteiger partial charge in [-0.15, -0.1) is 0 Å². The summed E-state index contributed by atoms with van der Waals surface area (Å²) in [5, 5.41) is 8.65. The molecule has 5 N–H and O–H groups in total. The lowest BCUT2D eigenvalue weighted by Crippen LogP contribution is -2.28. The summed E-state index contributed by atoms with van der Waals surface area (Å²) in [6.45, 7) is 0. The number of nitrogens with two attached hydrogens (primary N) is 2. The van der Waals surface area contributed by atoms with Crippen molar-refractivity contribution in [2.45, 2.75) is 38.1 Å². The van der Waals surface area contributed by atoms with Gasteiger partial charge in [-0.1, -0.05) is 6.42 Å². The van der Waals surface area contributed by atoms with Crippen LogP contribution in [-0.4, -0.2) is 23.1 Å². The van der Waals surface area contributed by atoms with Crippen molar-refractivity contribution in [2.75, 3.05) is 0 Å². The molecule has 0 aromatic heterocycles. The van der Waals surface area contributed by atoms with Crippen LogP contribution in [0.25, 0.3) is 0 Å². The molecule has 0 aliphatic heterocycles. The molecule has 0 saturated heterocycles. The zero-order chi connectivity index (χ0) is 10.6. The number of rotatable bonds is 3. The van der Waals surface area contributed by atoms with Gasteiger partial charge in [0, 0.05) is 6.42 Å². The van der Waals surface area contributed by atoms with E-state index in [1.165, 1.54) is 0 Å². The normalized spacial score (nSPS) is 26.9. The summed E-state index contributed by atoms with van der Waals surface area (Å²) < 4.78 is 0.